The van der Waals surface area contributed by atoms with Crippen LogP contribution in [0.3, 0.4) is 0 Å². The van der Waals surface area contributed by atoms with Crippen molar-refractivity contribution in [2.45, 2.75) is 0 Å². The van der Waals surface area contributed by atoms with Crippen molar-refractivity contribution >= 4 is 17.3 Å². The molecule has 6 heteroatoms. The van der Waals surface area contributed by atoms with Gasteiger partial charge in [-0.2, -0.15) is 0 Å². The van der Waals surface area contributed by atoms with Crippen molar-refractivity contribution in [1.82, 2.24) is 5.32 Å². The standard InChI is InChI=1S/C15H15N3O3/c1-17(13-7-9-14(10-8-13)18(20)21)11-16-15(19)12-5-3-2-4-6-12/h2-10H,11H2,1H3,(H,16,19). The van der Waals surface area contributed by atoms with Gasteiger partial charge >= 0.3 is 0 Å². The fourth-order valence-corrected chi connectivity index (χ4v) is 1.80. The van der Waals surface area contributed by atoms with Gasteiger partial charge in [0.15, 0.2) is 0 Å². The lowest BCUT2D eigenvalue weighted by atomic mass is 10.2. The molecule has 2 rings (SSSR count). The van der Waals surface area contributed by atoms with Gasteiger partial charge in [0.05, 0.1) is 11.6 Å². The van der Waals surface area contributed by atoms with Crippen molar-refractivity contribution in [3.63, 3.8) is 0 Å². The Balaban J connectivity index is 1.94. The molecule has 0 spiro atoms. The average Bonchev–Trinajstić information content (AvgIpc) is 2.53. The smallest absolute Gasteiger partial charge is 0.269 e. The van der Waals surface area contributed by atoms with Crippen molar-refractivity contribution in [3.8, 4) is 0 Å². The molecule has 0 bridgehead atoms. The van der Waals surface area contributed by atoms with E-state index in [4.69, 9.17) is 0 Å². The van der Waals surface area contributed by atoms with Crippen LogP contribution in [0.5, 0.6) is 0 Å². The Morgan fingerprint density at radius 1 is 1.14 bits per heavy atom. The Kier molecular flexibility index (Phi) is 4.50. The molecule has 21 heavy (non-hydrogen) atoms. The van der Waals surface area contributed by atoms with E-state index in [0.717, 1.165) is 5.69 Å². The Morgan fingerprint density at radius 3 is 2.33 bits per heavy atom. The molecule has 0 saturated carbocycles. The fourth-order valence-electron chi connectivity index (χ4n) is 1.80. The Hall–Kier alpha value is -2.89. The molecular formula is C15H15N3O3. The highest BCUT2D eigenvalue weighted by molar-refractivity contribution is 5.94. The number of nitro groups is 1. The van der Waals surface area contributed by atoms with E-state index in [2.05, 4.69) is 5.32 Å². The number of non-ortho nitro benzene ring substituents is 1. The van der Waals surface area contributed by atoms with Gasteiger partial charge in [-0.15, -0.1) is 0 Å². The number of benzene rings is 2. The summed E-state index contributed by atoms with van der Waals surface area (Å²) in [4.78, 5) is 23.8. The van der Waals surface area contributed by atoms with Crippen molar-refractivity contribution in [2.75, 3.05) is 18.6 Å². The van der Waals surface area contributed by atoms with Gasteiger partial charge in [-0.25, -0.2) is 0 Å². The summed E-state index contributed by atoms with van der Waals surface area (Å²) in [6.07, 6.45) is 0. The van der Waals surface area contributed by atoms with Crippen molar-refractivity contribution in [2.24, 2.45) is 0 Å². The molecular weight excluding hydrogens is 270 g/mol. The van der Waals surface area contributed by atoms with Crippen molar-refractivity contribution in [1.29, 1.82) is 0 Å². The second kappa shape index (κ2) is 6.51. The molecule has 0 radical (unpaired) electrons. The maximum absolute atomic E-state index is 11.9. The number of anilines is 1. The molecule has 0 heterocycles. The minimum atomic E-state index is -0.443. The van der Waals surface area contributed by atoms with E-state index >= 15 is 0 Å². The van der Waals surface area contributed by atoms with E-state index < -0.39 is 4.92 Å². The molecule has 6 nitrogen and oxygen atoms in total. The number of amides is 1. The minimum Gasteiger partial charge on any atom is -0.357 e. The summed E-state index contributed by atoms with van der Waals surface area (Å²) >= 11 is 0. The minimum absolute atomic E-state index is 0.0421. The summed E-state index contributed by atoms with van der Waals surface area (Å²) in [5.74, 6) is -0.163. The molecule has 2 aromatic rings. The molecule has 0 atom stereocenters. The second-order valence-electron chi connectivity index (χ2n) is 4.50. The summed E-state index contributed by atoms with van der Waals surface area (Å²) in [6, 6.07) is 15.1. The molecule has 108 valence electrons. The zero-order chi connectivity index (χ0) is 15.2. The van der Waals surface area contributed by atoms with Gasteiger partial charge in [0.2, 0.25) is 0 Å². The van der Waals surface area contributed by atoms with Crippen LogP contribution in [0.2, 0.25) is 0 Å². The number of nitro benzene ring substituents is 1. The van der Waals surface area contributed by atoms with Crippen LogP contribution < -0.4 is 10.2 Å². The van der Waals surface area contributed by atoms with E-state index in [-0.39, 0.29) is 11.6 Å². The molecule has 0 aromatic heterocycles. The monoisotopic (exact) mass is 285 g/mol. The molecule has 0 saturated heterocycles. The maximum Gasteiger partial charge on any atom is 0.269 e. The molecule has 2 aromatic carbocycles. The Bertz CT molecular complexity index is 626. The van der Waals surface area contributed by atoms with E-state index in [1.807, 2.05) is 6.07 Å². The first-order valence-electron chi connectivity index (χ1n) is 6.37. The number of carbonyl (C=O) groups excluding carboxylic acids is 1. The average molecular weight is 285 g/mol. The van der Waals surface area contributed by atoms with E-state index in [9.17, 15) is 14.9 Å². The van der Waals surface area contributed by atoms with Gasteiger partial charge < -0.3 is 10.2 Å². The first-order chi connectivity index (χ1) is 10.1. The first-order valence-corrected chi connectivity index (χ1v) is 6.37. The SMILES string of the molecule is CN(CNC(=O)c1ccccc1)c1ccc([N+](=O)[O-])cc1. The molecule has 0 fully saturated rings. The molecule has 1 N–H and O–H groups in total. The van der Waals surface area contributed by atoms with Crippen LogP contribution in [-0.2, 0) is 0 Å². The predicted octanol–water partition coefficient (Wildman–Crippen LogP) is 2.42. The normalized spacial score (nSPS) is 9.95. The Labute approximate surface area is 122 Å². The lowest BCUT2D eigenvalue weighted by Gasteiger charge is -2.19. The van der Waals surface area contributed by atoms with Crippen molar-refractivity contribution in [3.05, 3.63) is 70.3 Å². The third-order valence-corrected chi connectivity index (χ3v) is 3.01. The lowest BCUT2D eigenvalue weighted by Crippen LogP contribution is -2.35. The van der Waals surface area contributed by atoms with Gasteiger partial charge in [-0.1, -0.05) is 18.2 Å². The summed E-state index contributed by atoms with van der Waals surface area (Å²) in [6.45, 7) is 0.311. The zero-order valence-corrected chi connectivity index (χ0v) is 11.5. The van der Waals surface area contributed by atoms with Gasteiger partial charge in [-0.05, 0) is 24.3 Å². The van der Waals surface area contributed by atoms with E-state index in [0.29, 0.717) is 12.2 Å². The quantitative estimate of drug-likeness (QED) is 0.520. The van der Waals surface area contributed by atoms with Gasteiger partial charge in [0.1, 0.15) is 0 Å². The molecule has 0 aliphatic rings. The predicted molar refractivity (Wildman–Crippen MR) is 80.3 cm³/mol. The highest BCUT2D eigenvalue weighted by atomic mass is 16.6. The van der Waals surface area contributed by atoms with Crippen LogP contribution in [0.25, 0.3) is 0 Å². The molecule has 0 aliphatic carbocycles. The maximum atomic E-state index is 11.9. The fraction of sp³-hybridized carbons (Fsp3) is 0.133. The lowest BCUT2D eigenvalue weighted by molar-refractivity contribution is -0.384. The summed E-state index contributed by atoms with van der Waals surface area (Å²) in [5, 5.41) is 13.4. The van der Waals surface area contributed by atoms with Crippen LogP contribution >= 0.6 is 0 Å². The van der Waals surface area contributed by atoms with Crippen LogP contribution in [0.15, 0.2) is 54.6 Å². The highest BCUT2D eigenvalue weighted by Crippen LogP contribution is 2.17. The Morgan fingerprint density at radius 2 is 1.76 bits per heavy atom. The summed E-state index contributed by atoms with van der Waals surface area (Å²) in [7, 11) is 1.80. The number of nitrogens with zero attached hydrogens (tertiary/aromatic N) is 2. The number of hydrogen-bond donors (Lipinski definition) is 1. The van der Waals surface area contributed by atoms with Crippen LogP contribution in [0, 0.1) is 10.1 Å². The van der Waals surface area contributed by atoms with E-state index in [1.54, 1.807) is 48.3 Å². The van der Waals surface area contributed by atoms with Crippen LogP contribution in [-0.4, -0.2) is 24.5 Å². The van der Waals surface area contributed by atoms with Crippen molar-refractivity contribution < 1.29 is 9.72 Å². The van der Waals surface area contributed by atoms with E-state index in [1.165, 1.54) is 12.1 Å². The van der Waals surface area contributed by atoms with Gasteiger partial charge in [0, 0.05) is 30.4 Å². The number of nitrogens with one attached hydrogen (secondary N) is 1. The molecule has 0 unspecified atom stereocenters. The third kappa shape index (κ3) is 3.79. The molecule has 1 amide bonds. The second-order valence-corrected chi connectivity index (χ2v) is 4.50. The third-order valence-electron chi connectivity index (χ3n) is 3.01. The summed E-state index contributed by atoms with van der Waals surface area (Å²) in [5.41, 5.74) is 1.42. The van der Waals surface area contributed by atoms with Crippen LogP contribution in [0.1, 0.15) is 10.4 Å². The van der Waals surface area contributed by atoms with Gasteiger partial charge in [0.25, 0.3) is 11.6 Å². The zero-order valence-electron chi connectivity index (χ0n) is 11.5. The number of rotatable bonds is 5. The number of hydrogen-bond acceptors (Lipinski definition) is 4. The highest BCUT2D eigenvalue weighted by Gasteiger charge is 2.08. The summed E-state index contributed by atoms with van der Waals surface area (Å²) < 4.78 is 0. The first kappa shape index (κ1) is 14.5. The topological polar surface area (TPSA) is 75.5 Å². The molecule has 0 aliphatic heterocycles. The van der Waals surface area contributed by atoms with Crippen LogP contribution in [0.4, 0.5) is 11.4 Å². The van der Waals surface area contributed by atoms with Gasteiger partial charge in [-0.3, -0.25) is 14.9 Å². The largest absolute Gasteiger partial charge is 0.357 e. The number of carbonyl (C=O) groups is 1.